The van der Waals surface area contributed by atoms with Crippen LogP contribution in [0, 0.1) is 5.82 Å². The van der Waals surface area contributed by atoms with Crippen molar-refractivity contribution < 1.29 is 27.1 Å². The van der Waals surface area contributed by atoms with E-state index in [2.05, 4.69) is 12.0 Å². The molecule has 9 heteroatoms. The Bertz CT molecular complexity index is 1330. The number of rotatable bonds is 8. The van der Waals surface area contributed by atoms with Crippen molar-refractivity contribution in [2.45, 2.75) is 45.0 Å². The Kier molecular flexibility index (Phi) is 7.28. The average molecular weight is 500 g/mol. The molecular weight excluding hydrogens is 474 g/mol. The predicted molar refractivity (Wildman–Crippen MR) is 128 cm³/mol. The summed E-state index contributed by atoms with van der Waals surface area (Å²) in [7, 11) is 0. The molecule has 1 amide bonds. The number of ether oxygens (including phenoxy) is 1. The van der Waals surface area contributed by atoms with Crippen LogP contribution in [-0.4, -0.2) is 27.9 Å². The number of carbonyl (C=O) groups is 1. The van der Waals surface area contributed by atoms with Crippen molar-refractivity contribution in [2.24, 2.45) is 0 Å². The maximum absolute atomic E-state index is 13.3. The highest BCUT2D eigenvalue weighted by atomic mass is 19.4. The molecule has 2 atom stereocenters. The molecule has 0 fully saturated rings. The largest absolute Gasteiger partial charge is 0.484 e. The van der Waals surface area contributed by atoms with E-state index in [0.717, 1.165) is 29.3 Å². The van der Waals surface area contributed by atoms with Crippen LogP contribution >= 0.6 is 0 Å². The van der Waals surface area contributed by atoms with Crippen LogP contribution in [0.15, 0.2) is 72.9 Å². The summed E-state index contributed by atoms with van der Waals surface area (Å²) in [4.78, 5) is 11.6. The van der Waals surface area contributed by atoms with Gasteiger partial charge in [0.15, 0.2) is 0 Å². The smallest absolute Gasteiger partial charge is 0.471 e. The maximum atomic E-state index is 13.3. The van der Waals surface area contributed by atoms with Gasteiger partial charge in [-0.1, -0.05) is 37.6 Å². The molecule has 4 aromatic rings. The fraction of sp³-hybridized carbons (Fsp3) is 0.259. The summed E-state index contributed by atoms with van der Waals surface area (Å²) in [5.41, 5.74) is 3.15. The van der Waals surface area contributed by atoms with E-state index < -0.39 is 24.2 Å². The number of hydrogen-bond acceptors (Lipinski definition) is 3. The van der Waals surface area contributed by atoms with E-state index in [1.54, 1.807) is 53.3 Å². The van der Waals surface area contributed by atoms with Gasteiger partial charge in [0.25, 0.3) is 0 Å². The molecular formula is C27H25F4N3O2. The molecule has 1 aromatic heterocycles. The molecule has 0 saturated carbocycles. The number of amides is 1. The van der Waals surface area contributed by atoms with Crippen molar-refractivity contribution in [2.75, 3.05) is 0 Å². The van der Waals surface area contributed by atoms with E-state index in [1.165, 1.54) is 19.1 Å². The molecule has 188 valence electrons. The van der Waals surface area contributed by atoms with Crippen molar-refractivity contribution in [1.82, 2.24) is 15.1 Å². The Labute approximate surface area is 205 Å². The van der Waals surface area contributed by atoms with E-state index >= 15 is 0 Å². The second-order valence-electron chi connectivity index (χ2n) is 8.54. The molecule has 4 rings (SSSR count). The second kappa shape index (κ2) is 10.4. The number of alkyl halides is 3. The molecule has 3 aromatic carbocycles. The summed E-state index contributed by atoms with van der Waals surface area (Å²) in [5, 5.41) is 7.09. The summed E-state index contributed by atoms with van der Waals surface area (Å²) >= 11 is 0. The van der Waals surface area contributed by atoms with Crippen molar-refractivity contribution >= 4 is 16.8 Å². The molecule has 1 N–H and O–H groups in total. The molecule has 5 nitrogen and oxygen atoms in total. The lowest BCUT2D eigenvalue weighted by molar-refractivity contribution is -0.174. The van der Waals surface area contributed by atoms with Crippen LogP contribution in [0.5, 0.6) is 5.75 Å². The Balaban J connectivity index is 1.63. The van der Waals surface area contributed by atoms with Gasteiger partial charge in [-0.15, -0.1) is 0 Å². The molecule has 0 radical (unpaired) electrons. The third-order valence-corrected chi connectivity index (χ3v) is 5.79. The van der Waals surface area contributed by atoms with E-state index in [0.29, 0.717) is 17.0 Å². The molecule has 0 saturated heterocycles. The summed E-state index contributed by atoms with van der Waals surface area (Å²) in [5.74, 6) is -1.98. The van der Waals surface area contributed by atoms with Gasteiger partial charge < -0.3 is 10.1 Å². The number of halogens is 4. The number of hydrogen-bond donors (Lipinski definition) is 1. The minimum Gasteiger partial charge on any atom is -0.484 e. The average Bonchev–Trinajstić information content (AvgIpc) is 3.26. The summed E-state index contributed by atoms with van der Waals surface area (Å²) in [6.45, 7) is 3.53. The van der Waals surface area contributed by atoms with Crippen LogP contribution in [0.25, 0.3) is 16.6 Å². The van der Waals surface area contributed by atoms with Gasteiger partial charge in [0.1, 0.15) is 17.7 Å². The van der Waals surface area contributed by atoms with Gasteiger partial charge in [-0.05, 0) is 66.9 Å². The number of aryl methyl sites for hydroxylation is 1. The molecule has 1 heterocycles. The first-order chi connectivity index (χ1) is 17.2. The molecule has 0 aliphatic heterocycles. The zero-order chi connectivity index (χ0) is 25.9. The molecule has 0 aliphatic rings. The van der Waals surface area contributed by atoms with Crippen LogP contribution in [0.4, 0.5) is 17.6 Å². The predicted octanol–water partition coefficient (Wildman–Crippen LogP) is 6.30. The lowest BCUT2D eigenvalue weighted by atomic mass is 10.00. The van der Waals surface area contributed by atoms with E-state index in [1.807, 2.05) is 17.4 Å². The van der Waals surface area contributed by atoms with Crippen LogP contribution in [0.1, 0.15) is 37.5 Å². The van der Waals surface area contributed by atoms with Crippen molar-refractivity contribution in [1.29, 1.82) is 0 Å². The molecule has 36 heavy (non-hydrogen) atoms. The quantitative estimate of drug-likeness (QED) is 0.289. The number of benzene rings is 3. The summed E-state index contributed by atoms with van der Waals surface area (Å²) in [6.07, 6.45) is -2.42. The van der Waals surface area contributed by atoms with E-state index in [4.69, 9.17) is 4.74 Å². The van der Waals surface area contributed by atoms with Crippen LogP contribution in [-0.2, 0) is 11.2 Å². The molecule has 0 spiro atoms. The molecule has 0 aliphatic carbocycles. The topological polar surface area (TPSA) is 56.1 Å². The number of aromatic nitrogens is 2. The number of carbonyl (C=O) groups excluding carboxylic acids is 1. The normalized spacial score (nSPS) is 13.4. The van der Waals surface area contributed by atoms with Gasteiger partial charge in [-0.25, -0.2) is 9.07 Å². The maximum Gasteiger partial charge on any atom is 0.471 e. The number of nitrogens with one attached hydrogen (secondary N) is 1. The van der Waals surface area contributed by atoms with Gasteiger partial charge in [0, 0.05) is 5.39 Å². The molecule has 0 bridgehead atoms. The minimum absolute atomic E-state index is 0.355. The lowest BCUT2D eigenvalue weighted by Gasteiger charge is -2.27. The van der Waals surface area contributed by atoms with E-state index in [9.17, 15) is 22.4 Å². The highest BCUT2D eigenvalue weighted by Crippen LogP contribution is 2.30. The zero-order valence-corrected chi connectivity index (χ0v) is 19.7. The third-order valence-electron chi connectivity index (χ3n) is 5.79. The summed E-state index contributed by atoms with van der Waals surface area (Å²) < 4.78 is 59.8. The third kappa shape index (κ3) is 5.67. The first kappa shape index (κ1) is 25.2. The van der Waals surface area contributed by atoms with Gasteiger partial charge >= 0.3 is 12.1 Å². The Morgan fingerprint density at radius 1 is 1.06 bits per heavy atom. The van der Waals surface area contributed by atoms with Crippen LogP contribution in [0.3, 0.4) is 0 Å². The van der Waals surface area contributed by atoms with Crippen molar-refractivity contribution in [3.63, 3.8) is 0 Å². The van der Waals surface area contributed by atoms with E-state index in [-0.39, 0.29) is 5.82 Å². The Morgan fingerprint density at radius 3 is 2.39 bits per heavy atom. The van der Waals surface area contributed by atoms with Gasteiger partial charge in [0.05, 0.1) is 23.4 Å². The van der Waals surface area contributed by atoms with Crippen LogP contribution in [0.2, 0.25) is 0 Å². The Hall–Kier alpha value is -3.88. The summed E-state index contributed by atoms with van der Waals surface area (Å²) in [6, 6.07) is 17.5. The molecule has 0 unspecified atom stereocenters. The monoisotopic (exact) mass is 499 g/mol. The van der Waals surface area contributed by atoms with Gasteiger partial charge in [-0.3, -0.25) is 4.79 Å². The van der Waals surface area contributed by atoms with Crippen LogP contribution < -0.4 is 10.1 Å². The number of fused-ring (bicyclic) bond motifs is 1. The fourth-order valence-corrected chi connectivity index (χ4v) is 4.00. The zero-order valence-electron chi connectivity index (χ0n) is 19.7. The SMILES string of the molecule is CCCc1ccc([C@H](Oc2ccc3c(cnn3-c3ccc(F)cc3)c2)[C@H](C)NC(=O)C(F)(F)F)cc1. The second-order valence-corrected chi connectivity index (χ2v) is 8.54. The highest BCUT2D eigenvalue weighted by molar-refractivity contribution is 5.82. The standard InChI is InChI=1S/C27H25F4N3O2/c1-3-4-18-5-7-19(8-6-18)25(17(2)33-26(35)27(29,30)31)36-23-13-14-24-20(15-23)16-32-34(24)22-11-9-21(28)10-12-22/h5-17,25H,3-4H2,1-2H3,(H,33,35)/t17-,25+/m0/s1. The minimum atomic E-state index is -5.00. The lowest BCUT2D eigenvalue weighted by Crippen LogP contribution is -2.45. The van der Waals surface area contributed by atoms with Gasteiger partial charge in [0.2, 0.25) is 0 Å². The first-order valence-corrected chi connectivity index (χ1v) is 11.5. The Morgan fingerprint density at radius 2 is 1.75 bits per heavy atom. The van der Waals surface area contributed by atoms with Crippen molar-refractivity contribution in [3.8, 4) is 11.4 Å². The highest BCUT2D eigenvalue weighted by Gasteiger charge is 2.40. The first-order valence-electron chi connectivity index (χ1n) is 11.5. The van der Waals surface area contributed by atoms with Crippen molar-refractivity contribution in [3.05, 3.63) is 89.9 Å². The van der Waals surface area contributed by atoms with Gasteiger partial charge in [-0.2, -0.15) is 18.3 Å². The number of nitrogens with zero attached hydrogens (tertiary/aromatic N) is 2. The fourth-order valence-electron chi connectivity index (χ4n) is 4.00.